The third-order valence-corrected chi connectivity index (χ3v) is 3.42. The van der Waals surface area contributed by atoms with Gasteiger partial charge in [-0.15, -0.1) is 0 Å². The number of hydrogen-bond acceptors (Lipinski definition) is 7. The lowest BCUT2D eigenvalue weighted by atomic mass is 9.99. The van der Waals surface area contributed by atoms with Crippen LogP contribution >= 0.6 is 0 Å². The van der Waals surface area contributed by atoms with Gasteiger partial charge in [-0.2, -0.15) is 5.06 Å². The minimum absolute atomic E-state index is 0.440. The number of aliphatic hydroxyl groups is 4. The van der Waals surface area contributed by atoms with Crippen LogP contribution in [0.2, 0.25) is 0 Å². The second-order valence-corrected chi connectivity index (χ2v) is 4.79. The van der Waals surface area contributed by atoms with Gasteiger partial charge < -0.3 is 25.2 Å². The lowest BCUT2D eigenvalue weighted by Gasteiger charge is -2.41. The minimum atomic E-state index is -1.38. The van der Waals surface area contributed by atoms with Crippen molar-refractivity contribution in [3.8, 4) is 0 Å². The van der Waals surface area contributed by atoms with Crippen LogP contribution in [0.25, 0.3) is 0 Å². The summed E-state index contributed by atoms with van der Waals surface area (Å²) in [4.78, 5) is 5.47. The van der Waals surface area contributed by atoms with Gasteiger partial charge in [0.1, 0.15) is 24.4 Å². The fraction of sp³-hybridized carbons (Fsp3) is 1.00. The van der Waals surface area contributed by atoms with Gasteiger partial charge in [-0.1, -0.05) is 6.42 Å². The maximum absolute atomic E-state index is 9.78. The molecule has 0 aromatic rings. The van der Waals surface area contributed by atoms with Crippen LogP contribution in [0.3, 0.4) is 0 Å². The van der Waals surface area contributed by atoms with Gasteiger partial charge in [0.25, 0.3) is 0 Å². The van der Waals surface area contributed by atoms with Crippen molar-refractivity contribution in [1.29, 1.82) is 0 Å². The molecule has 2 heterocycles. The molecule has 2 fully saturated rings. The molecular formula is C11H21NO6. The second kappa shape index (κ2) is 6.25. The predicted molar refractivity (Wildman–Crippen MR) is 60.3 cm³/mol. The van der Waals surface area contributed by atoms with E-state index in [0.717, 1.165) is 32.4 Å². The second-order valence-electron chi connectivity index (χ2n) is 4.79. The molecule has 5 atom stereocenters. The molecule has 0 radical (unpaired) electrons. The zero-order valence-electron chi connectivity index (χ0n) is 10.2. The van der Waals surface area contributed by atoms with Crippen molar-refractivity contribution < 1.29 is 30.0 Å². The Bertz CT molecular complexity index is 258. The van der Waals surface area contributed by atoms with E-state index < -0.39 is 37.3 Å². The Morgan fingerprint density at radius 3 is 2.28 bits per heavy atom. The molecule has 0 spiro atoms. The number of aliphatic hydroxyl groups excluding tert-OH is 4. The van der Waals surface area contributed by atoms with E-state index >= 15 is 0 Å². The van der Waals surface area contributed by atoms with Crippen molar-refractivity contribution in [2.45, 2.75) is 50.0 Å². The summed E-state index contributed by atoms with van der Waals surface area (Å²) in [5.74, 6) is 0. The first kappa shape index (κ1) is 14.1. The number of nitrogens with zero attached hydrogens (tertiary/aromatic N) is 1. The third kappa shape index (κ3) is 3.00. The summed E-state index contributed by atoms with van der Waals surface area (Å²) < 4.78 is 5.26. The van der Waals surface area contributed by atoms with E-state index in [0.29, 0.717) is 0 Å². The molecule has 0 aliphatic carbocycles. The summed E-state index contributed by atoms with van der Waals surface area (Å²) in [6.45, 7) is 1.05. The predicted octanol–water partition coefficient (Wildman–Crippen LogP) is -1.80. The van der Waals surface area contributed by atoms with Crippen LogP contribution in [0.15, 0.2) is 0 Å². The summed E-state index contributed by atoms with van der Waals surface area (Å²) in [5, 5.41) is 39.7. The molecule has 0 aromatic heterocycles. The largest absolute Gasteiger partial charge is 0.394 e. The highest BCUT2D eigenvalue weighted by atomic mass is 16.8. The lowest BCUT2D eigenvalue weighted by molar-refractivity contribution is -0.364. The summed E-state index contributed by atoms with van der Waals surface area (Å²) in [6, 6.07) is 0. The Morgan fingerprint density at radius 2 is 1.67 bits per heavy atom. The topological polar surface area (TPSA) is 103 Å². The third-order valence-electron chi connectivity index (χ3n) is 3.42. The van der Waals surface area contributed by atoms with Gasteiger partial charge in [-0.25, -0.2) is 0 Å². The molecule has 106 valence electrons. The molecule has 2 aliphatic heterocycles. The number of rotatable bonds is 3. The molecule has 18 heavy (non-hydrogen) atoms. The number of piperidine rings is 1. The Kier molecular flexibility index (Phi) is 4.91. The fourth-order valence-electron chi connectivity index (χ4n) is 2.27. The Hall–Kier alpha value is -0.280. The molecular weight excluding hydrogens is 242 g/mol. The first-order valence-corrected chi connectivity index (χ1v) is 6.35. The van der Waals surface area contributed by atoms with E-state index in [1.165, 1.54) is 0 Å². The summed E-state index contributed by atoms with van der Waals surface area (Å²) in [7, 11) is 0. The van der Waals surface area contributed by atoms with Gasteiger partial charge in [0.2, 0.25) is 6.29 Å². The number of hydroxylamine groups is 2. The first-order chi connectivity index (χ1) is 8.63. The average molecular weight is 263 g/mol. The maximum Gasteiger partial charge on any atom is 0.206 e. The molecule has 0 saturated carbocycles. The summed E-state index contributed by atoms with van der Waals surface area (Å²) in [5.41, 5.74) is 0. The van der Waals surface area contributed by atoms with Gasteiger partial charge in [-0.3, -0.25) is 4.84 Å². The molecule has 2 saturated heterocycles. The van der Waals surface area contributed by atoms with Crippen molar-refractivity contribution in [2.75, 3.05) is 19.7 Å². The van der Waals surface area contributed by atoms with E-state index in [4.69, 9.17) is 14.7 Å². The van der Waals surface area contributed by atoms with Crippen LogP contribution in [0.4, 0.5) is 0 Å². The lowest BCUT2D eigenvalue weighted by Crippen LogP contribution is -2.60. The van der Waals surface area contributed by atoms with Crippen molar-refractivity contribution in [3.63, 3.8) is 0 Å². The molecule has 2 aliphatic rings. The van der Waals surface area contributed by atoms with Crippen LogP contribution in [-0.4, -0.2) is 75.9 Å². The summed E-state index contributed by atoms with van der Waals surface area (Å²) in [6.07, 6.45) is -2.86. The SMILES string of the molecule is OC[C@H]1O[C@@H](ON2CCCCC2)[C@H](O)[C@@H](O)[C@@H]1O. The molecule has 7 heteroatoms. The monoisotopic (exact) mass is 263 g/mol. The highest BCUT2D eigenvalue weighted by molar-refractivity contribution is 4.88. The minimum Gasteiger partial charge on any atom is -0.394 e. The van der Waals surface area contributed by atoms with Gasteiger partial charge in [0.15, 0.2) is 0 Å². The van der Waals surface area contributed by atoms with Gasteiger partial charge in [-0.05, 0) is 12.8 Å². The van der Waals surface area contributed by atoms with Gasteiger partial charge in [0, 0.05) is 13.1 Å². The van der Waals surface area contributed by atoms with E-state index in [9.17, 15) is 15.3 Å². The maximum atomic E-state index is 9.78. The van der Waals surface area contributed by atoms with Crippen LogP contribution in [0.1, 0.15) is 19.3 Å². The first-order valence-electron chi connectivity index (χ1n) is 6.35. The molecule has 7 nitrogen and oxygen atoms in total. The van der Waals surface area contributed by atoms with Crippen molar-refractivity contribution in [1.82, 2.24) is 5.06 Å². The fourth-order valence-corrected chi connectivity index (χ4v) is 2.27. The highest BCUT2D eigenvalue weighted by Crippen LogP contribution is 2.23. The summed E-state index contributed by atoms with van der Waals surface area (Å²) >= 11 is 0. The quantitative estimate of drug-likeness (QED) is 0.476. The molecule has 0 unspecified atom stereocenters. The van der Waals surface area contributed by atoms with Crippen LogP contribution < -0.4 is 0 Å². The number of ether oxygens (including phenoxy) is 1. The highest BCUT2D eigenvalue weighted by Gasteiger charge is 2.44. The van der Waals surface area contributed by atoms with Crippen molar-refractivity contribution in [2.24, 2.45) is 0 Å². The Labute approximate surface area is 105 Å². The van der Waals surface area contributed by atoms with Crippen molar-refractivity contribution in [3.05, 3.63) is 0 Å². The molecule has 0 bridgehead atoms. The molecule has 0 aromatic carbocycles. The smallest absolute Gasteiger partial charge is 0.206 e. The zero-order valence-corrected chi connectivity index (χ0v) is 10.2. The molecule has 4 N–H and O–H groups in total. The van der Waals surface area contributed by atoms with Crippen LogP contribution in [0.5, 0.6) is 0 Å². The van der Waals surface area contributed by atoms with Gasteiger partial charge >= 0.3 is 0 Å². The van der Waals surface area contributed by atoms with E-state index in [2.05, 4.69) is 0 Å². The molecule has 2 rings (SSSR count). The van der Waals surface area contributed by atoms with Gasteiger partial charge in [0.05, 0.1) is 6.61 Å². The Balaban J connectivity index is 1.93. The zero-order chi connectivity index (χ0) is 13.1. The Morgan fingerprint density at radius 1 is 1.00 bits per heavy atom. The standard InChI is InChI=1S/C11H21NO6/c13-6-7-8(14)9(15)10(16)11(17-7)18-12-4-2-1-3-5-12/h7-11,13-16H,1-6H2/t7-,8-,9+,10-,11+/m1/s1. The van der Waals surface area contributed by atoms with E-state index in [1.807, 2.05) is 0 Å². The molecule has 0 amide bonds. The normalized spacial score (nSPS) is 43.0. The van der Waals surface area contributed by atoms with Crippen LogP contribution in [-0.2, 0) is 9.57 Å². The van der Waals surface area contributed by atoms with E-state index in [1.54, 1.807) is 5.06 Å². The van der Waals surface area contributed by atoms with Crippen molar-refractivity contribution >= 4 is 0 Å². The van der Waals surface area contributed by atoms with E-state index in [-0.39, 0.29) is 0 Å². The average Bonchev–Trinajstić information content (AvgIpc) is 2.40. The number of hydrogen-bond donors (Lipinski definition) is 4. The van der Waals surface area contributed by atoms with Crippen LogP contribution in [0, 0.1) is 0 Å².